The van der Waals surface area contributed by atoms with Crippen molar-refractivity contribution in [3.8, 4) is 0 Å². The molecule has 0 aromatic heterocycles. The zero-order valence-corrected chi connectivity index (χ0v) is 18.1. The van der Waals surface area contributed by atoms with Crippen molar-refractivity contribution < 1.29 is 4.79 Å². The van der Waals surface area contributed by atoms with E-state index in [4.69, 9.17) is 0 Å². The Kier molecular flexibility index (Phi) is 8.35. The summed E-state index contributed by atoms with van der Waals surface area (Å²) in [4.78, 5) is 20.7. The summed E-state index contributed by atoms with van der Waals surface area (Å²) in [5, 5.41) is 6.80. The number of unbranched alkanes of at least 4 members (excludes halogenated alkanes) is 1. The Bertz CT molecular complexity index is 672. The standard InChI is InChI=1S/C23H37N5O/c1-19-8-3-5-15-27(19)16-6-4-14-25-23(24-2)26-18-20-10-12-21(13-11-20)28-17-7-9-22(28)29/h10-13,19H,3-9,14-18H2,1-2H3,(H2,24,25,26). The van der Waals surface area contributed by atoms with E-state index in [1.54, 1.807) is 0 Å². The normalized spacial score (nSPS) is 20.9. The Hall–Kier alpha value is -2.08. The van der Waals surface area contributed by atoms with Crippen LogP contribution in [0.5, 0.6) is 0 Å². The smallest absolute Gasteiger partial charge is 0.227 e. The van der Waals surface area contributed by atoms with Crippen LogP contribution in [0.25, 0.3) is 0 Å². The van der Waals surface area contributed by atoms with Gasteiger partial charge < -0.3 is 20.4 Å². The zero-order chi connectivity index (χ0) is 20.5. The van der Waals surface area contributed by atoms with E-state index in [0.29, 0.717) is 6.42 Å². The molecule has 1 amide bonds. The quantitative estimate of drug-likeness (QED) is 0.401. The lowest BCUT2D eigenvalue weighted by molar-refractivity contribution is -0.117. The molecule has 0 spiro atoms. The molecule has 1 aromatic carbocycles. The van der Waals surface area contributed by atoms with E-state index in [1.165, 1.54) is 44.3 Å². The maximum Gasteiger partial charge on any atom is 0.227 e. The van der Waals surface area contributed by atoms with Crippen LogP contribution in [-0.2, 0) is 11.3 Å². The highest BCUT2D eigenvalue weighted by atomic mass is 16.2. The van der Waals surface area contributed by atoms with E-state index in [1.807, 2.05) is 24.1 Å². The highest BCUT2D eigenvalue weighted by molar-refractivity contribution is 5.95. The molecule has 0 saturated carbocycles. The first kappa shape index (κ1) is 21.6. The number of nitrogens with zero attached hydrogens (tertiary/aromatic N) is 3. The van der Waals surface area contributed by atoms with Gasteiger partial charge in [0, 0.05) is 44.8 Å². The second kappa shape index (κ2) is 11.2. The van der Waals surface area contributed by atoms with Crippen LogP contribution in [-0.4, -0.2) is 56.0 Å². The molecule has 1 aromatic rings. The van der Waals surface area contributed by atoms with Crippen LogP contribution in [0.2, 0.25) is 0 Å². The predicted molar refractivity (Wildman–Crippen MR) is 120 cm³/mol. The molecular weight excluding hydrogens is 362 g/mol. The molecule has 6 nitrogen and oxygen atoms in total. The average molecular weight is 400 g/mol. The number of amides is 1. The van der Waals surface area contributed by atoms with Crippen molar-refractivity contribution in [2.24, 2.45) is 4.99 Å². The summed E-state index contributed by atoms with van der Waals surface area (Å²) in [6, 6.07) is 9.00. The van der Waals surface area contributed by atoms with Gasteiger partial charge in [0.15, 0.2) is 5.96 Å². The molecule has 29 heavy (non-hydrogen) atoms. The monoisotopic (exact) mass is 399 g/mol. The average Bonchev–Trinajstić information content (AvgIpc) is 3.17. The first-order valence-corrected chi connectivity index (χ1v) is 11.3. The van der Waals surface area contributed by atoms with Crippen molar-refractivity contribution in [2.45, 2.75) is 64.5 Å². The second-order valence-corrected chi connectivity index (χ2v) is 8.26. The second-order valence-electron chi connectivity index (χ2n) is 8.26. The van der Waals surface area contributed by atoms with E-state index in [9.17, 15) is 4.79 Å². The number of likely N-dealkylation sites (tertiary alicyclic amines) is 1. The van der Waals surface area contributed by atoms with Crippen LogP contribution in [0.3, 0.4) is 0 Å². The molecule has 2 fully saturated rings. The fourth-order valence-electron chi connectivity index (χ4n) is 4.26. The third-order valence-corrected chi connectivity index (χ3v) is 6.11. The molecule has 6 heteroatoms. The highest BCUT2D eigenvalue weighted by Crippen LogP contribution is 2.21. The molecule has 1 atom stereocenters. The molecule has 0 bridgehead atoms. The van der Waals surface area contributed by atoms with Gasteiger partial charge in [0.25, 0.3) is 0 Å². The van der Waals surface area contributed by atoms with Crippen molar-refractivity contribution >= 4 is 17.6 Å². The number of benzene rings is 1. The Morgan fingerprint density at radius 3 is 2.62 bits per heavy atom. The van der Waals surface area contributed by atoms with E-state index < -0.39 is 0 Å². The van der Waals surface area contributed by atoms with Gasteiger partial charge in [0.05, 0.1) is 0 Å². The van der Waals surface area contributed by atoms with Gasteiger partial charge >= 0.3 is 0 Å². The van der Waals surface area contributed by atoms with Gasteiger partial charge in [-0.1, -0.05) is 18.6 Å². The molecule has 3 rings (SSSR count). The molecule has 2 N–H and O–H groups in total. The minimum Gasteiger partial charge on any atom is -0.356 e. The lowest BCUT2D eigenvalue weighted by Gasteiger charge is -2.33. The number of piperidine rings is 1. The number of anilines is 1. The highest BCUT2D eigenvalue weighted by Gasteiger charge is 2.21. The summed E-state index contributed by atoms with van der Waals surface area (Å²) in [5.41, 5.74) is 2.18. The van der Waals surface area contributed by atoms with E-state index in [0.717, 1.165) is 50.2 Å². The predicted octanol–water partition coefficient (Wildman–Crippen LogP) is 3.13. The van der Waals surface area contributed by atoms with Crippen molar-refractivity contribution in [3.05, 3.63) is 29.8 Å². The van der Waals surface area contributed by atoms with Crippen LogP contribution < -0.4 is 15.5 Å². The maximum absolute atomic E-state index is 11.9. The number of carbonyl (C=O) groups is 1. The number of nitrogens with one attached hydrogen (secondary N) is 2. The van der Waals surface area contributed by atoms with Gasteiger partial charge in [-0.25, -0.2) is 0 Å². The third-order valence-electron chi connectivity index (χ3n) is 6.11. The van der Waals surface area contributed by atoms with Crippen LogP contribution >= 0.6 is 0 Å². The van der Waals surface area contributed by atoms with Crippen LogP contribution in [0, 0.1) is 0 Å². The minimum absolute atomic E-state index is 0.232. The molecule has 160 valence electrons. The van der Waals surface area contributed by atoms with Crippen molar-refractivity contribution in [3.63, 3.8) is 0 Å². The number of hydrogen-bond acceptors (Lipinski definition) is 3. The lowest BCUT2D eigenvalue weighted by atomic mass is 10.0. The maximum atomic E-state index is 11.9. The Morgan fingerprint density at radius 1 is 1.10 bits per heavy atom. The van der Waals surface area contributed by atoms with E-state index in [-0.39, 0.29) is 5.91 Å². The molecule has 2 aliphatic heterocycles. The number of guanidine groups is 1. The molecule has 0 aliphatic carbocycles. The van der Waals surface area contributed by atoms with Gasteiger partial charge in [-0.05, 0) is 69.8 Å². The van der Waals surface area contributed by atoms with Crippen LogP contribution in [0.15, 0.2) is 29.3 Å². The number of rotatable bonds is 8. The molecule has 2 saturated heterocycles. The van der Waals surface area contributed by atoms with Gasteiger partial charge in [0.1, 0.15) is 0 Å². The third kappa shape index (κ3) is 6.46. The first-order chi connectivity index (χ1) is 14.2. The lowest BCUT2D eigenvalue weighted by Crippen LogP contribution is -2.39. The van der Waals surface area contributed by atoms with Crippen LogP contribution in [0.4, 0.5) is 5.69 Å². The molecule has 2 aliphatic rings. The summed E-state index contributed by atoms with van der Waals surface area (Å²) in [7, 11) is 1.81. The summed E-state index contributed by atoms with van der Waals surface area (Å²) in [5.74, 6) is 1.07. The van der Waals surface area contributed by atoms with Gasteiger partial charge in [-0.3, -0.25) is 9.79 Å². The van der Waals surface area contributed by atoms with Crippen molar-refractivity contribution in [2.75, 3.05) is 38.1 Å². The number of hydrogen-bond donors (Lipinski definition) is 2. The largest absolute Gasteiger partial charge is 0.356 e. The minimum atomic E-state index is 0.232. The summed E-state index contributed by atoms with van der Waals surface area (Å²) in [6.07, 6.45) is 8.11. The summed E-state index contributed by atoms with van der Waals surface area (Å²) in [6.45, 7) is 7.34. The van der Waals surface area contributed by atoms with Crippen LogP contribution in [0.1, 0.15) is 57.4 Å². The fraction of sp³-hybridized carbons (Fsp3) is 0.652. The SMILES string of the molecule is CN=C(NCCCCN1CCCCC1C)NCc1ccc(N2CCCC2=O)cc1. The zero-order valence-electron chi connectivity index (χ0n) is 18.1. The van der Waals surface area contributed by atoms with Crippen molar-refractivity contribution in [1.29, 1.82) is 0 Å². The molecule has 0 radical (unpaired) electrons. The summed E-state index contributed by atoms with van der Waals surface area (Å²) >= 11 is 0. The molecule has 2 heterocycles. The van der Waals surface area contributed by atoms with Crippen molar-refractivity contribution in [1.82, 2.24) is 15.5 Å². The topological polar surface area (TPSA) is 60.0 Å². The van der Waals surface area contributed by atoms with Gasteiger partial charge in [-0.15, -0.1) is 0 Å². The van der Waals surface area contributed by atoms with E-state index in [2.05, 4.69) is 39.6 Å². The number of carbonyl (C=O) groups excluding carboxylic acids is 1. The summed E-state index contributed by atoms with van der Waals surface area (Å²) < 4.78 is 0. The first-order valence-electron chi connectivity index (χ1n) is 11.3. The molecular formula is C23H37N5O. The Labute approximate surface area is 175 Å². The number of aliphatic imine (C=N–C) groups is 1. The fourth-order valence-corrected chi connectivity index (χ4v) is 4.26. The Morgan fingerprint density at radius 2 is 1.93 bits per heavy atom. The Balaban J connectivity index is 1.33. The van der Waals surface area contributed by atoms with Gasteiger partial charge in [-0.2, -0.15) is 0 Å². The van der Waals surface area contributed by atoms with Gasteiger partial charge in [0.2, 0.25) is 5.91 Å². The van der Waals surface area contributed by atoms with E-state index >= 15 is 0 Å². The molecule has 1 unspecified atom stereocenters.